The van der Waals surface area contributed by atoms with Gasteiger partial charge >= 0.3 is 0 Å². The molecule has 0 atom stereocenters. The van der Waals surface area contributed by atoms with E-state index in [1.807, 2.05) is 11.3 Å². The van der Waals surface area contributed by atoms with E-state index in [4.69, 9.17) is 0 Å². The minimum Gasteiger partial charge on any atom is -0.310 e. The van der Waals surface area contributed by atoms with Crippen LogP contribution < -0.4 is 4.90 Å². The molecule has 0 aliphatic heterocycles. The second kappa shape index (κ2) is 15.1. The van der Waals surface area contributed by atoms with Gasteiger partial charge in [0, 0.05) is 42.5 Å². The molecule has 1 aromatic heterocycles. The minimum atomic E-state index is -0.126. The lowest BCUT2D eigenvalue weighted by molar-refractivity contribution is 0.590. The van der Waals surface area contributed by atoms with Crippen molar-refractivity contribution in [2.75, 3.05) is 4.90 Å². The van der Waals surface area contributed by atoms with E-state index in [0.717, 1.165) is 17.1 Å². The van der Waals surface area contributed by atoms with Gasteiger partial charge < -0.3 is 4.90 Å². The second-order valence-electron chi connectivity index (χ2n) is 18.6. The largest absolute Gasteiger partial charge is 0.310 e. The van der Waals surface area contributed by atoms with Crippen molar-refractivity contribution in [3.63, 3.8) is 0 Å². The van der Waals surface area contributed by atoms with E-state index in [0.29, 0.717) is 0 Å². The van der Waals surface area contributed by atoms with Crippen LogP contribution in [0.15, 0.2) is 206 Å². The average Bonchev–Trinajstić information content (AvgIpc) is 3.80. The topological polar surface area (TPSA) is 3.24 Å². The number of anilines is 3. The molecule has 0 saturated heterocycles. The fourth-order valence-corrected chi connectivity index (χ4v) is 10.8. The predicted molar refractivity (Wildman–Crippen MR) is 272 cm³/mol. The van der Waals surface area contributed by atoms with Crippen molar-refractivity contribution in [2.24, 2.45) is 0 Å². The Kier molecular flexibility index (Phi) is 9.33. The zero-order chi connectivity index (χ0) is 42.9. The summed E-state index contributed by atoms with van der Waals surface area (Å²) in [4.78, 5) is 2.42. The van der Waals surface area contributed by atoms with Gasteiger partial charge in [-0.15, -0.1) is 11.3 Å². The van der Waals surface area contributed by atoms with Crippen LogP contribution in [0.1, 0.15) is 51.3 Å². The SMILES string of the molecule is CC(C)(C)c1ccc(-c2ccc3c(c2)C(C)(C)c2ccc(-c4ccccc4N(c4ccc(-c5ccccc5)cc4)c4ccc(-c5ccc6sc7ccccc7c6c5)cc4)cc2-3)cc1. The second-order valence-corrected chi connectivity index (χ2v) is 19.7. The highest BCUT2D eigenvalue weighted by atomic mass is 32.1. The van der Waals surface area contributed by atoms with Gasteiger partial charge in [-0.1, -0.05) is 180 Å². The van der Waals surface area contributed by atoms with E-state index in [-0.39, 0.29) is 10.8 Å². The molecule has 0 N–H and O–H groups in total. The van der Waals surface area contributed by atoms with E-state index in [1.165, 1.54) is 92.5 Å². The summed E-state index contributed by atoms with van der Waals surface area (Å²) in [7, 11) is 0. The lowest BCUT2D eigenvalue weighted by Gasteiger charge is -2.28. The quantitative estimate of drug-likeness (QED) is 0.155. The van der Waals surface area contributed by atoms with Crippen molar-refractivity contribution in [3.05, 3.63) is 223 Å². The Morgan fingerprint density at radius 2 is 0.921 bits per heavy atom. The molecule has 9 aromatic carbocycles. The summed E-state index contributed by atoms with van der Waals surface area (Å²) in [5, 5.41) is 2.64. The highest BCUT2D eigenvalue weighted by Crippen LogP contribution is 2.52. The van der Waals surface area contributed by atoms with Crippen LogP contribution in [-0.4, -0.2) is 0 Å². The summed E-state index contributed by atoms with van der Waals surface area (Å²) in [5.41, 5.74) is 19.8. The van der Waals surface area contributed by atoms with Gasteiger partial charge in [-0.3, -0.25) is 0 Å². The number of nitrogens with zero attached hydrogens (tertiary/aromatic N) is 1. The lowest BCUT2D eigenvalue weighted by Crippen LogP contribution is -2.15. The molecule has 0 fully saturated rings. The smallest absolute Gasteiger partial charge is 0.0540 e. The maximum atomic E-state index is 2.43. The van der Waals surface area contributed by atoms with Crippen molar-refractivity contribution in [3.8, 4) is 55.6 Å². The number of rotatable bonds is 7. The van der Waals surface area contributed by atoms with E-state index < -0.39 is 0 Å². The molecule has 1 aliphatic rings. The van der Waals surface area contributed by atoms with Gasteiger partial charge in [0.05, 0.1) is 5.69 Å². The Morgan fingerprint density at radius 3 is 1.63 bits per heavy atom. The summed E-state index contributed by atoms with van der Waals surface area (Å²) in [6.45, 7) is 11.6. The first-order valence-electron chi connectivity index (χ1n) is 22.1. The molecule has 10 aromatic rings. The molecule has 1 nitrogen and oxygen atoms in total. The molecule has 0 spiro atoms. The molecule has 304 valence electrons. The minimum absolute atomic E-state index is 0.126. The number of thiophene rings is 1. The molecule has 1 aliphatic carbocycles. The van der Waals surface area contributed by atoms with Gasteiger partial charge in [-0.05, 0) is 133 Å². The van der Waals surface area contributed by atoms with E-state index >= 15 is 0 Å². The molecule has 2 heteroatoms. The zero-order valence-corrected chi connectivity index (χ0v) is 37.3. The Balaban J connectivity index is 0.994. The molecule has 63 heavy (non-hydrogen) atoms. The first-order valence-corrected chi connectivity index (χ1v) is 22.9. The van der Waals surface area contributed by atoms with Crippen LogP contribution in [0.2, 0.25) is 0 Å². The van der Waals surface area contributed by atoms with Crippen LogP contribution in [0.4, 0.5) is 17.1 Å². The normalized spacial score (nSPS) is 13.0. The van der Waals surface area contributed by atoms with Crippen LogP contribution in [0.3, 0.4) is 0 Å². The summed E-state index contributed by atoms with van der Waals surface area (Å²) in [6, 6.07) is 76.7. The molecule has 0 amide bonds. The van der Waals surface area contributed by atoms with Crippen LogP contribution >= 0.6 is 11.3 Å². The molecular formula is C61H49NS. The van der Waals surface area contributed by atoms with Crippen molar-refractivity contribution in [1.29, 1.82) is 0 Å². The van der Waals surface area contributed by atoms with Gasteiger partial charge in [0.2, 0.25) is 0 Å². The van der Waals surface area contributed by atoms with Crippen molar-refractivity contribution < 1.29 is 0 Å². The fourth-order valence-electron chi connectivity index (χ4n) is 9.75. The number of benzene rings is 9. The first kappa shape index (κ1) is 38.9. The number of hydrogen-bond acceptors (Lipinski definition) is 2. The monoisotopic (exact) mass is 827 g/mol. The third-order valence-electron chi connectivity index (χ3n) is 13.3. The standard InChI is InChI=1S/C61H49NS/c1-60(2,3)47-28-19-42(20-29-47)45-25-34-51-53-38-46(26-35-55(53)61(4,5)56(51)39-45)50-15-9-11-17-57(50)62(48-30-21-41(22-31-48)40-13-7-6-8-14-40)49-32-23-43(24-33-49)44-27-36-59-54(37-44)52-16-10-12-18-58(52)63-59/h6-39H,1-5H3. The zero-order valence-electron chi connectivity index (χ0n) is 36.5. The van der Waals surface area contributed by atoms with Crippen molar-refractivity contribution in [2.45, 2.75) is 45.4 Å². The van der Waals surface area contributed by atoms with E-state index in [1.54, 1.807) is 0 Å². The molecule has 0 unspecified atom stereocenters. The van der Waals surface area contributed by atoms with Crippen LogP contribution in [-0.2, 0) is 10.8 Å². The van der Waals surface area contributed by atoms with E-state index in [9.17, 15) is 0 Å². The molecule has 0 radical (unpaired) electrons. The van der Waals surface area contributed by atoms with Gasteiger partial charge in [0.1, 0.15) is 0 Å². The lowest BCUT2D eigenvalue weighted by atomic mass is 9.81. The molecular weight excluding hydrogens is 779 g/mol. The maximum Gasteiger partial charge on any atom is 0.0540 e. The molecule has 0 bridgehead atoms. The van der Waals surface area contributed by atoms with Crippen LogP contribution in [0.25, 0.3) is 75.8 Å². The van der Waals surface area contributed by atoms with Crippen molar-refractivity contribution >= 4 is 48.6 Å². The summed E-state index contributed by atoms with van der Waals surface area (Å²) in [5.74, 6) is 0. The highest BCUT2D eigenvalue weighted by Gasteiger charge is 2.36. The molecule has 11 rings (SSSR count). The Hall–Kier alpha value is -7.00. The van der Waals surface area contributed by atoms with E-state index in [2.05, 4.69) is 246 Å². The van der Waals surface area contributed by atoms with Crippen molar-refractivity contribution in [1.82, 2.24) is 0 Å². The Morgan fingerprint density at radius 1 is 0.381 bits per heavy atom. The third kappa shape index (κ3) is 6.87. The third-order valence-corrected chi connectivity index (χ3v) is 14.4. The van der Waals surface area contributed by atoms with Gasteiger partial charge in [0.25, 0.3) is 0 Å². The number of fused-ring (bicyclic) bond motifs is 6. The summed E-state index contributed by atoms with van der Waals surface area (Å²) in [6.07, 6.45) is 0. The first-order chi connectivity index (χ1) is 30.6. The summed E-state index contributed by atoms with van der Waals surface area (Å²) >= 11 is 1.86. The average molecular weight is 828 g/mol. The van der Waals surface area contributed by atoms with Gasteiger partial charge in [-0.25, -0.2) is 0 Å². The van der Waals surface area contributed by atoms with Crippen LogP contribution in [0, 0.1) is 0 Å². The molecule has 1 heterocycles. The fraction of sp³-hybridized carbons (Fsp3) is 0.115. The maximum absolute atomic E-state index is 2.43. The van der Waals surface area contributed by atoms with Gasteiger partial charge in [-0.2, -0.15) is 0 Å². The highest BCUT2D eigenvalue weighted by molar-refractivity contribution is 7.25. The number of hydrogen-bond donors (Lipinski definition) is 0. The van der Waals surface area contributed by atoms with Crippen LogP contribution in [0.5, 0.6) is 0 Å². The Labute approximate surface area is 375 Å². The molecule has 0 saturated carbocycles. The summed E-state index contributed by atoms with van der Waals surface area (Å²) < 4.78 is 2.65. The van der Waals surface area contributed by atoms with Gasteiger partial charge in [0.15, 0.2) is 0 Å². The Bertz CT molecular complexity index is 3310. The number of para-hydroxylation sites is 1. The predicted octanol–water partition coefficient (Wildman–Crippen LogP) is 17.8.